The van der Waals surface area contributed by atoms with E-state index in [1.54, 1.807) is 0 Å². The summed E-state index contributed by atoms with van der Waals surface area (Å²) in [7, 11) is 0. The lowest BCUT2D eigenvalue weighted by Crippen LogP contribution is -2.33. The molecule has 0 aliphatic heterocycles. The van der Waals surface area contributed by atoms with Crippen molar-refractivity contribution in [3.8, 4) is 0 Å². The van der Waals surface area contributed by atoms with Gasteiger partial charge >= 0.3 is 0 Å². The summed E-state index contributed by atoms with van der Waals surface area (Å²) in [5, 5.41) is 10.4. The predicted octanol–water partition coefficient (Wildman–Crippen LogP) is 2.75. The van der Waals surface area contributed by atoms with Gasteiger partial charge in [0.25, 0.3) is 0 Å². The zero-order valence-corrected chi connectivity index (χ0v) is 11.2. The van der Waals surface area contributed by atoms with Crippen LogP contribution in [0.4, 0.5) is 5.69 Å². The smallest absolute Gasteiger partial charge is 0.0726 e. The van der Waals surface area contributed by atoms with Crippen molar-refractivity contribution in [2.75, 3.05) is 18.1 Å². The second kappa shape index (κ2) is 5.36. The van der Waals surface area contributed by atoms with Gasteiger partial charge in [-0.15, -0.1) is 0 Å². The van der Waals surface area contributed by atoms with Gasteiger partial charge in [0.15, 0.2) is 0 Å². The molecular weight excluding hydrogens is 224 g/mol. The molecule has 18 heavy (non-hydrogen) atoms. The van der Waals surface area contributed by atoms with Crippen molar-refractivity contribution >= 4 is 16.6 Å². The molecule has 0 aliphatic carbocycles. The monoisotopic (exact) mass is 244 g/mol. The highest BCUT2D eigenvalue weighted by atomic mass is 16.3. The summed E-state index contributed by atoms with van der Waals surface area (Å²) in [4.78, 5) is 6.77. The van der Waals surface area contributed by atoms with Crippen molar-refractivity contribution in [3.05, 3.63) is 36.0 Å². The summed E-state index contributed by atoms with van der Waals surface area (Å²) in [6, 6.07) is 10.6. The first-order valence-electron chi connectivity index (χ1n) is 6.37. The minimum absolute atomic E-state index is 0.161. The molecule has 1 N–H and O–H groups in total. The molecule has 96 valence electrons. The third kappa shape index (κ3) is 2.46. The number of aromatic nitrogens is 1. The Balaban J connectivity index is 2.60. The molecule has 0 aliphatic rings. The van der Waals surface area contributed by atoms with Crippen molar-refractivity contribution in [2.45, 2.75) is 26.8 Å². The first kappa shape index (κ1) is 12.8. The Kier molecular flexibility index (Phi) is 3.82. The summed E-state index contributed by atoms with van der Waals surface area (Å²) >= 11 is 0. The molecule has 3 nitrogen and oxygen atoms in total. The molecule has 1 heterocycles. The lowest BCUT2D eigenvalue weighted by molar-refractivity contribution is 0.299. The maximum atomic E-state index is 9.23. The third-order valence-electron chi connectivity index (χ3n) is 3.10. The van der Waals surface area contributed by atoms with Crippen molar-refractivity contribution in [2.24, 2.45) is 0 Å². The summed E-state index contributed by atoms with van der Waals surface area (Å²) in [6.07, 6.45) is 0. The Morgan fingerprint density at radius 2 is 2.00 bits per heavy atom. The van der Waals surface area contributed by atoms with E-state index in [1.165, 1.54) is 0 Å². The van der Waals surface area contributed by atoms with Crippen molar-refractivity contribution in [1.29, 1.82) is 0 Å². The average Bonchev–Trinajstić information content (AvgIpc) is 2.34. The van der Waals surface area contributed by atoms with Crippen molar-refractivity contribution in [1.82, 2.24) is 4.98 Å². The van der Waals surface area contributed by atoms with E-state index in [1.807, 2.05) is 25.1 Å². The average molecular weight is 244 g/mol. The molecule has 0 unspecified atom stereocenters. The molecule has 3 heteroatoms. The molecule has 0 radical (unpaired) electrons. The predicted molar refractivity (Wildman–Crippen MR) is 76.0 cm³/mol. The highest BCUT2D eigenvalue weighted by molar-refractivity contribution is 5.92. The van der Waals surface area contributed by atoms with Gasteiger partial charge in [0.05, 0.1) is 12.1 Å². The van der Waals surface area contributed by atoms with E-state index in [0.717, 1.165) is 22.3 Å². The van der Waals surface area contributed by atoms with Crippen LogP contribution in [-0.4, -0.2) is 29.3 Å². The molecule has 1 aromatic heterocycles. The van der Waals surface area contributed by atoms with Crippen LogP contribution in [0.2, 0.25) is 0 Å². The summed E-state index contributed by atoms with van der Waals surface area (Å²) < 4.78 is 0. The first-order valence-corrected chi connectivity index (χ1v) is 6.37. The number of aliphatic hydroxyl groups excluding tert-OH is 1. The second-order valence-electron chi connectivity index (χ2n) is 4.81. The number of fused-ring (bicyclic) bond motifs is 1. The van der Waals surface area contributed by atoms with Gasteiger partial charge in [-0.05, 0) is 32.9 Å². The number of hydrogen-bond acceptors (Lipinski definition) is 3. The van der Waals surface area contributed by atoms with E-state index in [4.69, 9.17) is 0 Å². The van der Waals surface area contributed by atoms with Crippen LogP contribution in [0.25, 0.3) is 10.9 Å². The Morgan fingerprint density at radius 1 is 1.28 bits per heavy atom. The number of nitrogens with zero attached hydrogens (tertiary/aromatic N) is 2. The van der Waals surface area contributed by atoms with Gasteiger partial charge in [-0.2, -0.15) is 0 Å². The molecule has 0 spiro atoms. The number of rotatable bonds is 4. The highest BCUT2D eigenvalue weighted by Gasteiger charge is 2.14. The van der Waals surface area contributed by atoms with Gasteiger partial charge in [-0.1, -0.05) is 18.2 Å². The van der Waals surface area contributed by atoms with Crippen molar-refractivity contribution in [3.63, 3.8) is 0 Å². The second-order valence-corrected chi connectivity index (χ2v) is 4.81. The van der Waals surface area contributed by atoms with E-state index in [-0.39, 0.29) is 6.61 Å². The van der Waals surface area contributed by atoms with Crippen LogP contribution in [0.3, 0.4) is 0 Å². The molecule has 0 saturated heterocycles. The molecule has 2 aromatic rings. The molecule has 0 amide bonds. The normalized spacial score (nSPS) is 11.2. The van der Waals surface area contributed by atoms with E-state index >= 15 is 0 Å². The van der Waals surface area contributed by atoms with Crippen LogP contribution < -0.4 is 4.90 Å². The molecule has 0 saturated carbocycles. The topological polar surface area (TPSA) is 36.4 Å². The lowest BCUT2D eigenvalue weighted by atomic mass is 10.1. The Hall–Kier alpha value is -1.61. The zero-order valence-electron chi connectivity index (χ0n) is 11.2. The highest BCUT2D eigenvalue weighted by Crippen LogP contribution is 2.27. The van der Waals surface area contributed by atoms with Gasteiger partial charge in [-0.3, -0.25) is 4.98 Å². The van der Waals surface area contributed by atoms with Gasteiger partial charge in [0.1, 0.15) is 0 Å². The fourth-order valence-corrected chi connectivity index (χ4v) is 2.29. The van der Waals surface area contributed by atoms with Crippen LogP contribution >= 0.6 is 0 Å². The van der Waals surface area contributed by atoms with Gasteiger partial charge in [0.2, 0.25) is 0 Å². The van der Waals surface area contributed by atoms with E-state index < -0.39 is 0 Å². The Morgan fingerprint density at radius 3 is 2.67 bits per heavy atom. The summed E-state index contributed by atoms with van der Waals surface area (Å²) in [6.45, 7) is 7.09. The van der Waals surface area contributed by atoms with E-state index in [2.05, 4.69) is 35.9 Å². The van der Waals surface area contributed by atoms with Gasteiger partial charge in [-0.25, -0.2) is 0 Å². The number of benzene rings is 1. The Labute approximate surface area is 108 Å². The molecule has 0 atom stereocenters. The zero-order chi connectivity index (χ0) is 13.1. The maximum absolute atomic E-state index is 9.23. The number of pyridine rings is 1. The van der Waals surface area contributed by atoms with Crippen LogP contribution in [0.5, 0.6) is 0 Å². The number of anilines is 1. The van der Waals surface area contributed by atoms with Gasteiger partial charge in [0, 0.05) is 29.4 Å². The fraction of sp³-hybridized carbons (Fsp3) is 0.400. The lowest BCUT2D eigenvalue weighted by Gasteiger charge is -2.29. The van der Waals surface area contributed by atoms with Gasteiger partial charge < -0.3 is 10.0 Å². The largest absolute Gasteiger partial charge is 0.395 e. The fourth-order valence-electron chi connectivity index (χ4n) is 2.29. The number of aryl methyl sites for hydroxylation is 1. The quantitative estimate of drug-likeness (QED) is 0.898. The first-order chi connectivity index (χ1) is 8.63. The molecule has 0 bridgehead atoms. The van der Waals surface area contributed by atoms with E-state index in [0.29, 0.717) is 12.6 Å². The van der Waals surface area contributed by atoms with Crippen LogP contribution in [0.15, 0.2) is 30.3 Å². The Bertz CT molecular complexity index is 537. The minimum atomic E-state index is 0.161. The van der Waals surface area contributed by atoms with Crippen molar-refractivity contribution < 1.29 is 5.11 Å². The third-order valence-corrected chi connectivity index (χ3v) is 3.10. The summed E-state index contributed by atoms with van der Waals surface area (Å²) in [5.41, 5.74) is 3.17. The number of para-hydroxylation sites is 1. The van der Waals surface area contributed by atoms with Crippen LogP contribution in [-0.2, 0) is 0 Å². The molecule has 1 aromatic carbocycles. The number of aliphatic hydroxyl groups is 1. The standard InChI is InChI=1S/C15H20N2O/c1-11(2)17(8-9-18)15-10-12(3)16-14-7-5-4-6-13(14)15/h4-7,10-11,18H,8-9H2,1-3H3. The number of hydrogen-bond donors (Lipinski definition) is 1. The minimum Gasteiger partial charge on any atom is -0.395 e. The van der Waals surface area contributed by atoms with Crippen LogP contribution in [0.1, 0.15) is 19.5 Å². The van der Waals surface area contributed by atoms with Crippen LogP contribution in [0, 0.1) is 6.92 Å². The molecular formula is C15H20N2O. The SMILES string of the molecule is Cc1cc(N(CCO)C(C)C)c2ccccc2n1. The maximum Gasteiger partial charge on any atom is 0.0726 e. The summed E-state index contributed by atoms with van der Waals surface area (Å²) in [5.74, 6) is 0. The molecule has 2 rings (SSSR count). The molecule has 0 fully saturated rings. The van der Waals surface area contributed by atoms with E-state index in [9.17, 15) is 5.11 Å².